The molecule has 0 heterocycles. The van der Waals surface area contributed by atoms with Crippen LogP contribution in [-0.2, 0) is 13.5 Å². The minimum atomic E-state index is -2.10. The van der Waals surface area contributed by atoms with Crippen LogP contribution in [0.25, 0.3) is 0 Å². The summed E-state index contributed by atoms with van der Waals surface area (Å²) in [5, 5.41) is 11.2. The summed E-state index contributed by atoms with van der Waals surface area (Å²) in [5.74, 6) is 0.655. The van der Waals surface area contributed by atoms with Crippen molar-refractivity contribution in [2.75, 3.05) is 12.5 Å². The third-order valence-corrected chi connectivity index (χ3v) is 6.47. The molecule has 0 N–H and O–H groups in total. The molecule has 0 aliphatic rings. The number of nitro groups is 1. The Morgan fingerprint density at radius 2 is 2.00 bits per heavy atom. The van der Waals surface area contributed by atoms with Crippen LogP contribution in [0.1, 0.15) is 19.4 Å². The number of ether oxygens (including phenoxy) is 1. The van der Waals surface area contributed by atoms with Crippen LogP contribution in [0.3, 0.4) is 0 Å². The van der Waals surface area contributed by atoms with Crippen molar-refractivity contribution >= 4 is 34.2 Å². The number of rotatable bonds is 5. The Kier molecular flexibility index (Phi) is 6.45. The van der Waals surface area contributed by atoms with Crippen molar-refractivity contribution < 1.29 is 22.6 Å². The Morgan fingerprint density at radius 3 is 2.45 bits per heavy atom. The van der Waals surface area contributed by atoms with E-state index in [1.807, 2.05) is 13.8 Å². The Balaban J connectivity index is 3.34. The number of hydrogen-bond donors (Lipinski definition) is 0. The molecule has 0 aliphatic heterocycles. The van der Waals surface area contributed by atoms with Crippen molar-refractivity contribution in [1.29, 1.82) is 0 Å². The summed E-state index contributed by atoms with van der Waals surface area (Å²) in [6.45, 7) is 3.83. The maximum absolute atomic E-state index is 11.2. The van der Waals surface area contributed by atoms with Gasteiger partial charge in [0.25, 0.3) is 0 Å². The topological polar surface area (TPSA) is 52.4 Å². The van der Waals surface area contributed by atoms with E-state index in [0.717, 1.165) is 5.56 Å². The summed E-state index contributed by atoms with van der Waals surface area (Å²) in [4.78, 5) is 11.9. The van der Waals surface area contributed by atoms with Gasteiger partial charge in [-0.1, -0.05) is 0 Å². The molecule has 1 rings (SSSR count). The number of nitrogens with zero attached hydrogens (tertiary/aromatic N) is 1. The van der Waals surface area contributed by atoms with Crippen molar-refractivity contribution in [3.05, 3.63) is 33.9 Å². The first-order chi connectivity index (χ1) is 9.14. The third kappa shape index (κ3) is 4.69. The molecule has 0 saturated heterocycles. The summed E-state index contributed by atoms with van der Waals surface area (Å²) in [7, 11) is 9.74. The van der Waals surface area contributed by atoms with E-state index >= 15 is 0 Å². The van der Waals surface area contributed by atoms with Gasteiger partial charge in [-0.05, 0) is 0 Å². The van der Waals surface area contributed by atoms with Gasteiger partial charge in [0.2, 0.25) is 0 Å². The zero-order valence-electron chi connectivity index (χ0n) is 11.6. The van der Waals surface area contributed by atoms with Gasteiger partial charge in [-0.2, -0.15) is 0 Å². The molecule has 0 spiro atoms. The van der Waals surface area contributed by atoms with Gasteiger partial charge in [0.15, 0.2) is 0 Å². The molecule has 0 radical (unpaired) electrons. The first-order valence-electron chi connectivity index (χ1n) is 5.66. The minimum absolute atomic E-state index is 0.00942. The van der Waals surface area contributed by atoms with Crippen LogP contribution in [-0.4, -0.2) is 27.6 Å². The van der Waals surface area contributed by atoms with Crippen LogP contribution < -0.4 is 4.74 Å². The van der Waals surface area contributed by atoms with E-state index in [4.69, 9.17) is 24.1 Å². The molecule has 20 heavy (non-hydrogen) atoms. The SMILES string of the molecule is CC(C)Oc1ccc(S(C)(C)[N+](=O)[O-])cc1[CH]=[Ru]([Cl])[Cl]. The van der Waals surface area contributed by atoms with Crippen molar-refractivity contribution in [2.45, 2.75) is 24.8 Å². The second-order valence-corrected chi connectivity index (χ2v) is 13.7. The molecule has 1 aromatic rings. The molecule has 116 valence electrons. The number of halogens is 2. The summed E-state index contributed by atoms with van der Waals surface area (Å²) in [6.07, 6.45) is 3.30. The van der Waals surface area contributed by atoms with Crippen LogP contribution >= 0.6 is 29.6 Å². The second-order valence-electron chi connectivity index (χ2n) is 4.67. The van der Waals surface area contributed by atoms with E-state index in [1.54, 1.807) is 35.3 Å². The van der Waals surface area contributed by atoms with Gasteiger partial charge in [-0.15, -0.1) is 0 Å². The molecule has 0 atom stereocenters. The summed E-state index contributed by atoms with van der Waals surface area (Å²) in [5.41, 5.74) is 0.738. The van der Waals surface area contributed by atoms with Crippen LogP contribution in [0.4, 0.5) is 0 Å². The van der Waals surface area contributed by atoms with Gasteiger partial charge in [-0.25, -0.2) is 0 Å². The summed E-state index contributed by atoms with van der Waals surface area (Å²) >= 11 is -2.03. The van der Waals surface area contributed by atoms with E-state index in [2.05, 4.69) is 0 Å². The molecule has 0 bridgehead atoms. The molecule has 8 heteroatoms. The van der Waals surface area contributed by atoms with E-state index in [9.17, 15) is 10.1 Å². The first-order valence-corrected chi connectivity index (χ1v) is 13.5. The fraction of sp³-hybridized carbons (Fsp3) is 0.417. The molecular weight excluding hydrogens is 410 g/mol. The summed E-state index contributed by atoms with van der Waals surface area (Å²) in [6, 6.07) is 5.26. The average Bonchev–Trinajstić information content (AvgIpc) is 2.29. The van der Waals surface area contributed by atoms with E-state index in [-0.39, 0.29) is 10.4 Å². The van der Waals surface area contributed by atoms with E-state index in [0.29, 0.717) is 10.6 Å². The fourth-order valence-electron chi connectivity index (χ4n) is 1.45. The zero-order valence-corrected chi connectivity index (χ0v) is 15.6. The van der Waals surface area contributed by atoms with Crippen molar-refractivity contribution in [3.8, 4) is 5.75 Å². The maximum atomic E-state index is 11.2. The Bertz CT molecular complexity index is 546. The van der Waals surface area contributed by atoms with Crippen LogP contribution in [0.2, 0.25) is 0 Å². The van der Waals surface area contributed by atoms with Gasteiger partial charge in [0.1, 0.15) is 0 Å². The van der Waals surface area contributed by atoms with Gasteiger partial charge >= 0.3 is 134 Å². The molecular formula is C12H17Cl2NO3RuS. The third-order valence-electron chi connectivity index (χ3n) is 2.48. The molecule has 0 aliphatic carbocycles. The van der Waals surface area contributed by atoms with Gasteiger partial charge in [0, 0.05) is 0 Å². The average molecular weight is 427 g/mol. The fourth-order valence-corrected chi connectivity index (χ4v) is 4.22. The molecule has 4 nitrogen and oxygen atoms in total. The van der Waals surface area contributed by atoms with E-state index in [1.165, 1.54) is 0 Å². The van der Waals surface area contributed by atoms with Gasteiger partial charge in [-0.3, -0.25) is 0 Å². The van der Waals surface area contributed by atoms with Crippen molar-refractivity contribution in [3.63, 3.8) is 0 Å². The van der Waals surface area contributed by atoms with Gasteiger partial charge < -0.3 is 0 Å². The second kappa shape index (κ2) is 7.21. The van der Waals surface area contributed by atoms with Crippen molar-refractivity contribution in [1.82, 2.24) is 0 Å². The predicted octanol–water partition coefficient (Wildman–Crippen LogP) is 4.16. The first kappa shape index (κ1) is 17.9. The number of hydrogen-bond acceptors (Lipinski definition) is 3. The van der Waals surface area contributed by atoms with Gasteiger partial charge in [0.05, 0.1) is 0 Å². The Morgan fingerprint density at radius 1 is 1.40 bits per heavy atom. The van der Waals surface area contributed by atoms with E-state index < -0.39 is 23.7 Å². The van der Waals surface area contributed by atoms with Crippen LogP contribution in [0, 0.1) is 10.1 Å². The Labute approximate surface area is 133 Å². The normalized spacial score (nSPS) is 13.1. The molecule has 0 amide bonds. The standard InChI is InChI=1S/C12H17NO3S.2ClH.Ru/c1-9(2)16-12-7-6-11(8-10(12)3)17(4,5)13(14)15;;;/h3,6-9H,1-2,4-5H3;2*1H;/q;;;+2/p-2. The Hall–Kier alpha value is -0.157. The van der Waals surface area contributed by atoms with Crippen molar-refractivity contribution in [2.24, 2.45) is 0 Å². The quantitative estimate of drug-likeness (QED) is 0.403. The monoisotopic (exact) mass is 427 g/mol. The zero-order chi connectivity index (χ0) is 15.5. The molecule has 0 saturated carbocycles. The molecule has 0 fully saturated rings. The predicted molar refractivity (Wildman–Crippen MR) is 83.8 cm³/mol. The van der Waals surface area contributed by atoms with Crippen LogP contribution in [0.15, 0.2) is 23.1 Å². The molecule has 0 unspecified atom stereocenters. The molecule has 0 aromatic heterocycles. The van der Waals surface area contributed by atoms with Crippen LogP contribution in [0.5, 0.6) is 5.75 Å². The summed E-state index contributed by atoms with van der Waals surface area (Å²) < 4.78 is 7.21. The molecule has 1 aromatic carbocycles. The number of benzene rings is 1.